The summed E-state index contributed by atoms with van der Waals surface area (Å²) in [5.41, 5.74) is -2.30. The molecule has 0 fully saturated rings. The van der Waals surface area contributed by atoms with Crippen LogP contribution in [-0.4, -0.2) is 53.8 Å². The number of carbonyl (C=O) groups is 4. The average Bonchev–Trinajstić information content (AvgIpc) is 2.40. The summed E-state index contributed by atoms with van der Waals surface area (Å²) >= 11 is 0. The third kappa shape index (κ3) is 22.2. The van der Waals surface area contributed by atoms with Crippen molar-refractivity contribution >= 4 is 24.4 Å². The van der Waals surface area contributed by atoms with Crippen LogP contribution in [0.4, 0.5) is 9.59 Å². The van der Waals surface area contributed by atoms with Gasteiger partial charge in [0.25, 0.3) is 0 Å². The van der Waals surface area contributed by atoms with E-state index in [-0.39, 0.29) is 26.2 Å². The van der Waals surface area contributed by atoms with Crippen molar-refractivity contribution in [3.8, 4) is 0 Å². The molecule has 0 aromatic heterocycles. The molecule has 0 aliphatic carbocycles. The highest BCUT2D eigenvalue weighted by Gasteiger charge is 2.27. The number of ether oxygens (including phenoxy) is 3. The van der Waals surface area contributed by atoms with Gasteiger partial charge in [0.05, 0.1) is 13.5 Å². The topological polar surface area (TPSA) is 120 Å². The van der Waals surface area contributed by atoms with Gasteiger partial charge in [-0.15, -0.1) is 0 Å². The molecule has 0 unspecified atom stereocenters. The van der Waals surface area contributed by atoms with Crippen LogP contribution < -0.4 is 10.6 Å². The first-order valence-electron chi connectivity index (χ1n) is 9.75. The van der Waals surface area contributed by atoms with Crippen molar-refractivity contribution < 1.29 is 33.4 Å². The molecule has 2 N–H and O–H groups in total. The zero-order chi connectivity index (χ0) is 24.4. The molecule has 0 spiro atoms. The Morgan fingerprint density at radius 1 is 0.742 bits per heavy atom. The first-order chi connectivity index (χ1) is 13.2. The minimum Gasteiger partial charge on any atom is -0.469 e. The molecule has 184 valence electrons. The molecule has 0 radical (unpaired) electrons. The summed E-state index contributed by atoms with van der Waals surface area (Å²) in [6, 6.07) is 0. The van der Waals surface area contributed by atoms with Crippen LogP contribution in [0, 0.1) is 0 Å². The van der Waals surface area contributed by atoms with Crippen LogP contribution in [0.5, 0.6) is 0 Å². The molecule has 0 rings (SSSR count). The van der Waals surface area contributed by atoms with E-state index in [9.17, 15) is 19.2 Å². The molecule has 0 aromatic carbocycles. The van der Waals surface area contributed by atoms with Crippen LogP contribution in [-0.2, 0) is 23.8 Å². The lowest BCUT2D eigenvalue weighted by molar-refractivity contribution is -0.142. The predicted octanol–water partition coefficient (Wildman–Crippen LogP) is 4.37. The Hall–Kier alpha value is -2.32. The number of amides is 2. The summed E-state index contributed by atoms with van der Waals surface area (Å²) in [5, 5.41) is 5.24. The third-order valence-electron chi connectivity index (χ3n) is 3.09. The second kappa shape index (κ2) is 13.2. The Morgan fingerprint density at radius 2 is 1.10 bits per heavy atom. The number of carbonyl (C=O) groups excluding carboxylic acids is 4. The lowest BCUT2D eigenvalue weighted by atomic mass is 10.0. The molecule has 0 heterocycles. The van der Waals surface area contributed by atoms with E-state index in [1.165, 1.54) is 7.11 Å². The highest BCUT2D eigenvalue weighted by atomic mass is 16.6. The Morgan fingerprint density at radius 3 is 1.39 bits per heavy atom. The zero-order valence-electron chi connectivity index (χ0n) is 20.3. The van der Waals surface area contributed by atoms with Gasteiger partial charge in [-0.1, -0.05) is 7.43 Å². The van der Waals surface area contributed by atoms with Crippen LogP contribution in [0.2, 0.25) is 0 Å². The first-order valence-corrected chi connectivity index (χ1v) is 9.75. The van der Waals surface area contributed by atoms with Gasteiger partial charge in [0.15, 0.2) is 0 Å². The normalized spacial score (nSPS) is 11.6. The van der Waals surface area contributed by atoms with Gasteiger partial charge in [0.1, 0.15) is 17.5 Å². The highest BCUT2D eigenvalue weighted by Crippen LogP contribution is 2.13. The lowest BCUT2D eigenvalue weighted by Gasteiger charge is -2.27. The van der Waals surface area contributed by atoms with E-state index in [1.54, 1.807) is 69.2 Å². The molecule has 0 saturated heterocycles. The van der Waals surface area contributed by atoms with Gasteiger partial charge >= 0.3 is 18.2 Å². The number of nitrogens with one attached hydrogen (secondary N) is 2. The number of esters is 1. The maximum absolute atomic E-state index is 11.5. The molecule has 0 aromatic rings. The Labute approximate surface area is 188 Å². The Balaban J connectivity index is -0.000000494. The number of hydrogen-bond acceptors (Lipinski definition) is 7. The van der Waals surface area contributed by atoms with Crippen LogP contribution >= 0.6 is 0 Å². The fourth-order valence-corrected chi connectivity index (χ4v) is 1.90. The van der Waals surface area contributed by atoms with Gasteiger partial charge in [0, 0.05) is 17.5 Å². The molecule has 9 heteroatoms. The molecule has 0 aliphatic rings. The van der Waals surface area contributed by atoms with Crippen LogP contribution in [0.15, 0.2) is 0 Å². The van der Waals surface area contributed by atoms with Crippen molar-refractivity contribution in [3.05, 3.63) is 0 Å². The molecule has 0 saturated carbocycles. The summed E-state index contributed by atoms with van der Waals surface area (Å²) in [7, 11) is 1.31. The molecule has 0 aliphatic heterocycles. The van der Waals surface area contributed by atoms with Crippen molar-refractivity contribution in [3.63, 3.8) is 0 Å². The number of rotatable bonds is 6. The SMILES string of the molecule is C.CC(C)(CC=O)NC(=O)OC(C)(C)C.COC(=O)CC(C)(C)NC(=O)OC(C)(C)C. The fourth-order valence-electron chi connectivity index (χ4n) is 1.90. The van der Waals surface area contributed by atoms with Crippen molar-refractivity contribution in [2.75, 3.05) is 7.11 Å². The minimum atomic E-state index is -0.685. The standard InChI is InChI=1S/C11H21NO4.C10H19NO3.CH4/c1-10(2,3)16-9(14)12-11(4,5)7-8(13)15-6;1-9(2,3)14-8(13)11-10(4,5)6-7-12;/h7H2,1-6H3,(H,12,14);7H,6H2,1-5H3,(H,11,13);1H4. The van der Waals surface area contributed by atoms with Crippen molar-refractivity contribution in [2.24, 2.45) is 0 Å². The van der Waals surface area contributed by atoms with E-state index in [0.717, 1.165) is 6.29 Å². The van der Waals surface area contributed by atoms with Crippen LogP contribution in [0.25, 0.3) is 0 Å². The lowest BCUT2D eigenvalue weighted by Crippen LogP contribution is -2.47. The van der Waals surface area contributed by atoms with E-state index in [4.69, 9.17) is 9.47 Å². The predicted molar refractivity (Wildman–Crippen MR) is 121 cm³/mol. The average molecular weight is 449 g/mol. The van der Waals surface area contributed by atoms with Crippen molar-refractivity contribution in [1.82, 2.24) is 10.6 Å². The number of alkyl carbamates (subject to hydrolysis) is 2. The van der Waals surface area contributed by atoms with Crippen LogP contribution in [0.1, 0.15) is 89.5 Å². The van der Waals surface area contributed by atoms with Gasteiger partial charge in [-0.2, -0.15) is 0 Å². The van der Waals surface area contributed by atoms with E-state index < -0.39 is 34.5 Å². The molecular weight excluding hydrogens is 404 g/mol. The third-order valence-corrected chi connectivity index (χ3v) is 3.09. The molecule has 0 bridgehead atoms. The Bertz CT molecular complexity index is 586. The number of hydrogen-bond donors (Lipinski definition) is 2. The maximum atomic E-state index is 11.5. The summed E-state index contributed by atoms with van der Waals surface area (Å²) in [6.07, 6.45) is 0.109. The summed E-state index contributed by atoms with van der Waals surface area (Å²) < 4.78 is 14.7. The fraction of sp³-hybridized carbons (Fsp3) is 0.818. The molecule has 0 atom stereocenters. The maximum Gasteiger partial charge on any atom is 0.408 e. The first kappa shape index (κ1) is 33.3. The van der Waals surface area contributed by atoms with Crippen molar-refractivity contribution in [1.29, 1.82) is 0 Å². The largest absolute Gasteiger partial charge is 0.469 e. The van der Waals surface area contributed by atoms with Crippen molar-refractivity contribution in [2.45, 2.75) is 112 Å². The summed E-state index contributed by atoms with van der Waals surface area (Å²) in [4.78, 5) is 44.1. The summed E-state index contributed by atoms with van der Waals surface area (Å²) in [6.45, 7) is 17.7. The monoisotopic (exact) mass is 448 g/mol. The van der Waals surface area contributed by atoms with E-state index in [2.05, 4.69) is 15.4 Å². The number of methoxy groups -OCH3 is 1. The smallest absolute Gasteiger partial charge is 0.408 e. The van der Waals surface area contributed by atoms with E-state index in [1.807, 2.05) is 0 Å². The molecule has 2 amide bonds. The van der Waals surface area contributed by atoms with Gasteiger partial charge in [-0.3, -0.25) is 4.79 Å². The quantitative estimate of drug-likeness (QED) is 0.352. The molecule has 9 nitrogen and oxygen atoms in total. The molecular formula is C22H44N2O7. The van der Waals surface area contributed by atoms with Gasteiger partial charge in [-0.05, 0) is 69.2 Å². The van der Waals surface area contributed by atoms with Gasteiger partial charge in [-0.25, -0.2) is 9.59 Å². The number of aldehydes is 1. The highest BCUT2D eigenvalue weighted by molar-refractivity contribution is 5.73. The second-order valence-electron chi connectivity index (χ2n) is 10.1. The second-order valence-corrected chi connectivity index (χ2v) is 10.1. The molecule has 31 heavy (non-hydrogen) atoms. The van der Waals surface area contributed by atoms with E-state index >= 15 is 0 Å². The van der Waals surface area contributed by atoms with Gasteiger partial charge in [0.2, 0.25) is 0 Å². The van der Waals surface area contributed by atoms with E-state index in [0.29, 0.717) is 0 Å². The van der Waals surface area contributed by atoms with Gasteiger partial charge < -0.3 is 29.6 Å². The van der Waals surface area contributed by atoms with Crippen LogP contribution in [0.3, 0.4) is 0 Å². The Kier molecular flexibility index (Phi) is 14.2. The summed E-state index contributed by atoms with van der Waals surface area (Å²) in [5.74, 6) is -0.374. The minimum absolute atomic E-state index is 0. The zero-order valence-corrected chi connectivity index (χ0v) is 20.3.